The Morgan fingerprint density at radius 2 is 1.18 bits per heavy atom. The average molecular weight is 290 g/mol. The summed E-state index contributed by atoms with van der Waals surface area (Å²) in [6, 6.07) is 16.4. The fourth-order valence-corrected chi connectivity index (χ4v) is 2.10. The molecular weight excluding hydrogens is 268 g/mol. The largest absolute Gasteiger partial charge is 0.356 e. The van der Waals surface area contributed by atoms with Crippen LogP contribution >= 0.6 is 0 Å². The molecule has 0 spiro atoms. The third kappa shape index (κ3) is 4.98. The van der Waals surface area contributed by atoms with Gasteiger partial charge >= 0.3 is 0 Å². The minimum absolute atomic E-state index is 0.817. The lowest BCUT2D eigenvalue weighted by molar-refractivity contribution is 1.41. The fourth-order valence-electron chi connectivity index (χ4n) is 2.10. The number of allylic oxidation sites excluding steroid dienone is 2. The van der Waals surface area contributed by atoms with E-state index in [0.29, 0.717) is 0 Å². The number of anilines is 2. The maximum absolute atomic E-state index is 4.01. The molecule has 2 aromatic rings. The monoisotopic (exact) mass is 290 g/mol. The van der Waals surface area contributed by atoms with Crippen molar-refractivity contribution in [1.82, 2.24) is 0 Å². The second kappa shape index (κ2) is 7.32. The van der Waals surface area contributed by atoms with Crippen LogP contribution in [-0.4, -0.2) is 0 Å². The molecule has 0 aliphatic rings. The molecule has 2 aromatic carbocycles. The smallest absolute Gasteiger partial charge is 0.0386 e. The number of aryl methyl sites for hydroxylation is 2. The molecule has 2 nitrogen and oxygen atoms in total. The van der Waals surface area contributed by atoms with Crippen molar-refractivity contribution >= 4 is 11.4 Å². The van der Waals surface area contributed by atoms with E-state index in [1.807, 2.05) is 36.4 Å². The highest BCUT2D eigenvalue weighted by molar-refractivity contribution is 5.54. The highest BCUT2D eigenvalue weighted by atomic mass is 14.9. The molecule has 0 heterocycles. The van der Waals surface area contributed by atoms with Crippen LogP contribution in [0.3, 0.4) is 0 Å². The Bertz CT molecular complexity index is 650. The first kappa shape index (κ1) is 15.6. The van der Waals surface area contributed by atoms with E-state index in [4.69, 9.17) is 0 Å². The minimum atomic E-state index is 0.817. The molecule has 0 unspecified atom stereocenters. The lowest BCUT2D eigenvalue weighted by atomic mass is 10.2. The Kier molecular flexibility index (Phi) is 5.21. The third-order valence-electron chi connectivity index (χ3n) is 3.13. The van der Waals surface area contributed by atoms with Gasteiger partial charge in [0.05, 0.1) is 0 Å². The number of hydrogen-bond donors (Lipinski definition) is 2. The van der Waals surface area contributed by atoms with Crippen molar-refractivity contribution in [1.29, 1.82) is 0 Å². The first-order valence-electron chi connectivity index (χ1n) is 7.26. The molecule has 2 heteroatoms. The number of rotatable bonds is 6. The highest BCUT2D eigenvalue weighted by Crippen LogP contribution is 2.14. The first-order valence-corrected chi connectivity index (χ1v) is 7.26. The van der Waals surface area contributed by atoms with Crippen LogP contribution in [0.1, 0.15) is 11.1 Å². The number of hydrogen-bond acceptors (Lipinski definition) is 2. The van der Waals surface area contributed by atoms with Crippen LogP contribution in [0, 0.1) is 13.8 Å². The van der Waals surface area contributed by atoms with Gasteiger partial charge in [0.1, 0.15) is 0 Å². The quantitative estimate of drug-likeness (QED) is 0.695. The summed E-state index contributed by atoms with van der Waals surface area (Å²) in [4.78, 5) is 0. The molecule has 0 saturated carbocycles. The minimum Gasteiger partial charge on any atom is -0.356 e. The molecule has 22 heavy (non-hydrogen) atoms. The predicted octanol–water partition coefficient (Wildman–Crippen LogP) is 5.41. The summed E-state index contributed by atoms with van der Waals surface area (Å²) in [5, 5.41) is 6.52. The lowest BCUT2D eigenvalue weighted by Gasteiger charge is -2.08. The van der Waals surface area contributed by atoms with E-state index in [1.165, 1.54) is 11.1 Å². The highest BCUT2D eigenvalue weighted by Gasteiger charge is 1.95. The van der Waals surface area contributed by atoms with E-state index < -0.39 is 0 Å². The van der Waals surface area contributed by atoms with Gasteiger partial charge < -0.3 is 10.6 Å². The molecule has 0 aliphatic carbocycles. The molecule has 0 radical (unpaired) electrons. The number of nitrogens with one attached hydrogen (secondary N) is 2. The van der Waals surface area contributed by atoms with Crippen LogP contribution in [0.5, 0.6) is 0 Å². The molecule has 0 aromatic heterocycles. The lowest BCUT2D eigenvalue weighted by Crippen LogP contribution is -1.98. The summed E-state index contributed by atoms with van der Waals surface area (Å²) in [6.45, 7) is 12.1. The van der Waals surface area contributed by atoms with E-state index in [-0.39, 0.29) is 0 Å². The zero-order valence-corrected chi connectivity index (χ0v) is 13.2. The molecular formula is C20H22N2. The molecule has 0 bridgehead atoms. The van der Waals surface area contributed by atoms with Crippen LogP contribution in [0.15, 0.2) is 85.2 Å². The Morgan fingerprint density at radius 3 is 1.55 bits per heavy atom. The molecule has 0 amide bonds. The summed E-state index contributed by atoms with van der Waals surface area (Å²) >= 11 is 0. The first-order chi connectivity index (χ1) is 10.5. The Morgan fingerprint density at radius 1 is 0.773 bits per heavy atom. The standard InChI is InChI=1S/C20H22N2/c1-15-7-5-9-19(13-15)21-17(3)11-12-18(4)22-20-10-6-8-16(2)14-20/h5-14,21-22H,3-4H2,1-2H3/b12-11-. The van der Waals surface area contributed by atoms with E-state index in [9.17, 15) is 0 Å². The zero-order chi connectivity index (χ0) is 15.9. The summed E-state index contributed by atoms with van der Waals surface area (Å²) in [5.41, 5.74) is 6.13. The summed E-state index contributed by atoms with van der Waals surface area (Å²) in [5.74, 6) is 0. The van der Waals surface area contributed by atoms with Crippen molar-refractivity contribution in [2.45, 2.75) is 13.8 Å². The van der Waals surface area contributed by atoms with Crippen LogP contribution < -0.4 is 10.6 Å². The molecule has 0 fully saturated rings. The molecule has 2 rings (SSSR count). The number of benzene rings is 2. The predicted molar refractivity (Wildman–Crippen MR) is 97.0 cm³/mol. The van der Waals surface area contributed by atoms with Gasteiger partial charge in [-0.15, -0.1) is 0 Å². The second-order valence-corrected chi connectivity index (χ2v) is 5.37. The van der Waals surface area contributed by atoms with E-state index in [2.05, 4.69) is 61.9 Å². The Labute approximate surface area is 132 Å². The van der Waals surface area contributed by atoms with E-state index in [1.54, 1.807) is 0 Å². The molecule has 0 atom stereocenters. The maximum atomic E-state index is 4.01. The zero-order valence-electron chi connectivity index (χ0n) is 13.2. The van der Waals surface area contributed by atoms with Crippen molar-refractivity contribution < 1.29 is 0 Å². The van der Waals surface area contributed by atoms with Crippen LogP contribution in [0.25, 0.3) is 0 Å². The van der Waals surface area contributed by atoms with Crippen LogP contribution in [-0.2, 0) is 0 Å². The Hall–Kier alpha value is -2.74. The topological polar surface area (TPSA) is 24.1 Å². The van der Waals surface area contributed by atoms with Crippen molar-refractivity contribution in [2.24, 2.45) is 0 Å². The van der Waals surface area contributed by atoms with E-state index >= 15 is 0 Å². The van der Waals surface area contributed by atoms with E-state index in [0.717, 1.165) is 22.8 Å². The Balaban J connectivity index is 1.90. The normalized spacial score (nSPS) is 10.5. The maximum Gasteiger partial charge on any atom is 0.0386 e. The van der Waals surface area contributed by atoms with Gasteiger partial charge in [-0.25, -0.2) is 0 Å². The average Bonchev–Trinajstić information content (AvgIpc) is 2.45. The molecule has 112 valence electrons. The van der Waals surface area contributed by atoms with Gasteiger partial charge in [-0.05, 0) is 61.4 Å². The third-order valence-corrected chi connectivity index (χ3v) is 3.13. The van der Waals surface area contributed by atoms with Gasteiger partial charge in [-0.1, -0.05) is 37.4 Å². The van der Waals surface area contributed by atoms with Crippen molar-refractivity contribution in [2.75, 3.05) is 10.6 Å². The van der Waals surface area contributed by atoms with Crippen LogP contribution in [0.2, 0.25) is 0 Å². The molecule has 0 aliphatic heterocycles. The fraction of sp³-hybridized carbons (Fsp3) is 0.100. The molecule has 0 saturated heterocycles. The van der Waals surface area contributed by atoms with Gasteiger partial charge in [0.15, 0.2) is 0 Å². The summed E-state index contributed by atoms with van der Waals surface area (Å²) < 4.78 is 0. The second-order valence-electron chi connectivity index (χ2n) is 5.37. The molecule has 2 N–H and O–H groups in total. The van der Waals surface area contributed by atoms with Gasteiger partial charge in [0, 0.05) is 22.8 Å². The van der Waals surface area contributed by atoms with Gasteiger partial charge in [0.2, 0.25) is 0 Å². The van der Waals surface area contributed by atoms with Crippen molar-refractivity contribution in [3.63, 3.8) is 0 Å². The van der Waals surface area contributed by atoms with Crippen LogP contribution in [0.4, 0.5) is 11.4 Å². The summed E-state index contributed by atoms with van der Waals surface area (Å²) in [7, 11) is 0. The van der Waals surface area contributed by atoms with Crippen molar-refractivity contribution in [3.8, 4) is 0 Å². The summed E-state index contributed by atoms with van der Waals surface area (Å²) in [6.07, 6.45) is 3.82. The van der Waals surface area contributed by atoms with Gasteiger partial charge in [0.25, 0.3) is 0 Å². The van der Waals surface area contributed by atoms with Crippen molar-refractivity contribution in [3.05, 3.63) is 96.4 Å². The van der Waals surface area contributed by atoms with Gasteiger partial charge in [-0.3, -0.25) is 0 Å². The van der Waals surface area contributed by atoms with Gasteiger partial charge in [-0.2, -0.15) is 0 Å². The SMILES string of the molecule is C=C(/C=C\C(=C)Nc1cccc(C)c1)Nc1cccc(C)c1.